The van der Waals surface area contributed by atoms with E-state index >= 15 is 0 Å². The minimum absolute atomic E-state index is 0.134. The number of hydrogen-bond donors (Lipinski definition) is 0. The summed E-state index contributed by atoms with van der Waals surface area (Å²) in [5.74, 6) is 0.897. The van der Waals surface area contributed by atoms with E-state index in [0.29, 0.717) is 0 Å². The van der Waals surface area contributed by atoms with Crippen molar-refractivity contribution in [2.45, 2.75) is 38.6 Å². The van der Waals surface area contributed by atoms with Crippen molar-refractivity contribution in [2.24, 2.45) is 0 Å². The monoisotopic (exact) mass is 319 g/mol. The smallest absolute Gasteiger partial charge is 0.160 e. The molecule has 0 bridgehead atoms. The summed E-state index contributed by atoms with van der Waals surface area (Å²) in [6.07, 6.45) is 2.86. The van der Waals surface area contributed by atoms with Gasteiger partial charge in [-0.3, -0.25) is 0 Å². The van der Waals surface area contributed by atoms with Crippen molar-refractivity contribution >= 4 is 34.1 Å². The first kappa shape index (κ1) is 14.5. The molecule has 5 heteroatoms. The number of fused-ring (bicyclic) bond motifs is 1. The summed E-state index contributed by atoms with van der Waals surface area (Å²) in [4.78, 5) is 10.6. The Bertz CT molecular complexity index is 746. The zero-order valence-corrected chi connectivity index (χ0v) is 13.9. The van der Waals surface area contributed by atoms with Crippen LogP contribution in [0.3, 0.4) is 0 Å². The standard InChI is InChI=1S/C16H18ClN3S/c1-10-7-14-16(18-9-10)20(15(19-14)12(3)17)11(2)8-13-5-4-6-21-13/h4-7,9,11-12H,8H2,1-3H3. The van der Waals surface area contributed by atoms with Gasteiger partial charge >= 0.3 is 0 Å². The van der Waals surface area contributed by atoms with E-state index in [1.807, 2.05) is 20.0 Å². The van der Waals surface area contributed by atoms with Crippen molar-refractivity contribution in [1.29, 1.82) is 0 Å². The first-order valence-corrected chi connectivity index (χ1v) is 8.39. The average Bonchev–Trinajstić information content (AvgIpc) is 3.04. The fourth-order valence-corrected chi connectivity index (χ4v) is 3.61. The Morgan fingerprint density at radius 3 is 2.86 bits per heavy atom. The summed E-state index contributed by atoms with van der Waals surface area (Å²) in [6.45, 7) is 6.19. The molecule has 3 nitrogen and oxygen atoms in total. The molecule has 3 heterocycles. The topological polar surface area (TPSA) is 30.7 Å². The molecule has 2 atom stereocenters. The lowest BCUT2D eigenvalue weighted by Crippen LogP contribution is -2.12. The second kappa shape index (κ2) is 5.78. The van der Waals surface area contributed by atoms with E-state index in [0.717, 1.165) is 29.0 Å². The van der Waals surface area contributed by atoms with Gasteiger partial charge in [0.2, 0.25) is 0 Å². The zero-order chi connectivity index (χ0) is 15.0. The van der Waals surface area contributed by atoms with Gasteiger partial charge in [-0.25, -0.2) is 9.97 Å². The molecule has 3 rings (SSSR count). The third kappa shape index (κ3) is 2.83. The Morgan fingerprint density at radius 2 is 2.19 bits per heavy atom. The van der Waals surface area contributed by atoms with Crippen molar-refractivity contribution < 1.29 is 0 Å². The largest absolute Gasteiger partial charge is 0.308 e. The van der Waals surface area contributed by atoms with E-state index in [-0.39, 0.29) is 11.4 Å². The SMILES string of the molecule is Cc1cnc2c(c1)nc(C(C)Cl)n2C(C)Cc1cccs1. The molecule has 3 aromatic heterocycles. The number of alkyl halides is 1. The van der Waals surface area contributed by atoms with Crippen LogP contribution in [0, 0.1) is 6.92 Å². The number of hydrogen-bond acceptors (Lipinski definition) is 3. The van der Waals surface area contributed by atoms with Gasteiger partial charge in [-0.05, 0) is 43.8 Å². The highest BCUT2D eigenvalue weighted by Crippen LogP contribution is 2.29. The number of imidazole rings is 1. The molecular formula is C16H18ClN3S. The summed E-state index contributed by atoms with van der Waals surface area (Å²) in [5.41, 5.74) is 2.97. The van der Waals surface area contributed by atoms with Crippen LogP contribution in [0.5, 0.6) is 0 Å². The van der Waals surface area contributed by atoms with Crippen molar-refractivity contribution in [3.05, 3.63) is 46.0 Å². The molecule has 21 heavy (non-hydrogen) atoms. The highest BCUT2D eigenvalue weighted by atomic mass is 35.5. The summed E-state index contributed by atoms with van der Waals surface area (Å²) in [7, 11) is 0. The number of thiophene rings is 1. The van der Waals surface area contributed by atoms with Gasteiger partial charge in [-0.2, -0.15) is 0 Å². The Labute approximate surface area is 133 Å². The second-order valence-corrected chi connectivity index (χ2v) is 7.13. The molecule has 0 saturated heterocycles. The molecular weight excluding hydrogens is 302 g/mol. The van der Waals surface area contributed by atoms with Gasteiger partial charge in [0.25, 0.3) is 0 Å². The molecule has 0 aromatic carbocycles. The van der Waals surface area contributed by atoms with Crippen molar-refractivity contribution in [3.63, 3.8) is 0 Å². The molecule has 3 aromatic rings. The van der Waals surface area contributed by atoms with Gasteiger partial charge in [0, 0.05) is 23.5 Å². The summed E-state index contributed by atoms with van der Waals surface area (Å²) in [6, 6.07) is 6.60. The third-order valence-electron chi connectivity index (χ3n) is 3.57. The highest BCUT2D eigenvalue weighted by molar-refractivity contribution is 7.09. The van der Waals surface area contributed by atoms with Crippen LogP contribution >= 0.6 is 22.9 Å². The van der Waals surface area contributed by atoms with Crippen LogP contribution in [0.1, 0.15) is 41.5 Å². The highest BCUT2D eigenvalue weighted by Gasteiger charge is 2.20. The molecule has 0 amide bonds. The maximum atomic E-state index is 6.34. The number of rotatable bonds is 4. The molecule has 2 unspecified atom stereocenters. The molecule has 110 valence electrons. The van der Waals surface area contributed by atoms with Crippen LogP contribution in [0.4, 0.5) is 0 Å². The first-order valence-electron chi connectivity index (χ1n) is 7.07. The van der Waals surface area contributed by atoms with Crippen LogP contribution in [-0.4, -0.2) is 14.5 Å². The molecule has 0 fully saturated rings. The van der Waals surface area contributed by atoms with Crippen molar-refractivity contribution in [2.75, 3.05) is 0 Å². The molecule has 0 aliphatic rings. The minimum Gasteiger partial charge on any atom is -0.308 e. The van der Waals surface area contributed by atoms with Crippen LogP contribution in [0.2, 0.25) is 0 Å². The maximum Gasteiger partial charge on any atom is 0.160 e. The fourth-order valence-electron chi connectivity index (χ4n) is 2.63. The third-order valence-corrected chi connectivity index (χ3v) is 4.66. The lowest BCUT2D eigenvalue weighted by molar-refractivity contribution is 0.535. The van der Waals surface area contributed by atoms with Crippen LogP contribution in [0.15, 0.2) is 29.8 Å². The molecule has 0 N–H and O–H groups in total. The lowest BCUT2D eigenvalue weighted by Gasteiger charge is -2.17. The minimum atomic E-state index is -0.134. The van der Waals surface area contributed by atoms with Gasteiger partial charge in [0.15, 0.2) is 5.65 Å². The first-order chi connectivity index (χ1) is 10.1. The number of halogens is 1. The Kier molecular flexibility index (Phi) is 4.00. The number of aromatic nitrogens is 3. The van der Waals surface area contributed by atoms with E-state index in [4.69, 9.17) is 16.6 Å². The Morgan fingerprint density at radius 1 is 1.38 bits per heavy atom. The van der Waals surface area contributed by atoms with Crippen molar-refractivity contribution in [1.82, 2.24) is 14.5 Å². The van der Waals surface area contributed by atoms with E-state index in [2.05, 4.69) is 40.1 Å². The molecule has 0 aliphatic heterocycles. The van der Waals surface area contributed by atoms with E-state index in [1.54, 1.807) is 11.3 Å². The molecule has 0 spiro atoms. The molecule has 0 aliphatic carbocycles. The molecule has 0 saturated carbocycles. The van der Waals surface area contributed by atoms with Gasteiger partial charge in [0.05, 0.1) is 5.38 Å². The average molecular weight is 320 g/mol. The van der Waals surface area contributed by atoms with E-state index < -0.39 is 0 Å². The maximum absolute atomic E-state index is 6.34. The summed E-state index contributed by atoms with van der Waals surface area (Å²) < 4.78 is 2.19. The second-order valence-electron chi connectivity index (χ2n) is 5.44. The number of pyridine rings is 1. The fraction of sp³-hybridized carbons (Fsp3) is 0.375. The van der Waals surface area contributed by atoms with Gasteiger partial charge in [0.1, 0.15) is 11.3 Å². The van der Waals surface area contributed by atoms with Crippen LogP contribution < -0.4 is 0 Å². The normalized spacial score (nSPS) is 14.5. The van der Waals surface area contributed by atoms with Crippen molar-refractivity contribution in [3.8, 4) is 0 Å². The molecule has 0 radical (unpaired) electrons. The quantitative estimate of drug-likeness (QED) is 0.640. The number of nitrogens with zero attached hydrogens (tertiary/aromatic N) is 3. The number of aryl methyl sites for hydroxylation is 1. The van der Waals surface area contributed by atoms with Gasteiger partial charge < -0.3 is 4.57 Å². The van der Waals surface area contributed by atoms with Gasteiger partial charge in [-0.15, -0.1) is 22.9 Å². The predicted molar refractivity (Wildman–Crippen MR) is 89.3 cm³/mol. The summed E-state index contributed by atoms with van der Waals surface area (Å²) in [5, 5.41) is 1.98. The Hall–Kier alpha value is -1.39. The lowest BCUT2D eigenvalue weighted by atomic mass is 10.2. The summed E-state index contributed by atoms with van der Waals surface area (Å²) >= 11 is 8.12. The zero-order valence-electron chi connectivity index (χ0n) is 12.4. The Balaban J connectivity index is 2.08. The van der Waals surface area contributed by atoms with E-state index in [9.17, 15) is 0 Å². The van der Waals surface area contributed by atoms with Crippen LogP contribution in [0.25, 0.3) is 11.2 Å². The predicted octanol–water partition coefficient (Wildman–Crippen LogP) is 4.90. The van der Waals surface area contributed by atoms with Gasteiger partial charge in [-0.1, -0.05) is 6.07 Å². The van der Waals surface area contributed by atoms with E-state index in [1.165, 1.54) is 4.88 Å². The van der Waals surface area contributed by atoms with Crippen LogP contribution in [-0.2, 0) is 6.42 Å².